The highest BCUT2D eigenvalue weighted by Crippen LogP contribution is 2.17. The molecule has 0 aliphatic heterocycles. The molecule has 2 atom stereocenters. The van der Waals surface area contributed by atoms with Gasteiger partial charge in [-0.15, -0.1) is 0 Å². The van der Waals surface area contributed by atoms with Gasteiger partial charge in [-0.05, 0) is 37.5 Å². The van der Waals surface area contributed by atoms with Crippen molar-refractivity contribution in [2.75, 3.05) is 0 Å². The van der Waals surface area contributed by atoms with Crippen molar-refractivity contribution in [3.63, 3.8) is 0 Å². The van der Waals surface area contributed by atoms with E-state index < -0.39 is 0 Å². The summed E-state index contributed by atoms with van der Waals surface area (Å²) in [7, 11) is 0. The molecule has 2 rings (SSSR count). The zero-order chi connectivity index (χ0) is 15.2. The molecule has 0 aliphatic rings. The average Bonchev–Trinajstić information content (AvgIpc) is 2.48. The van der Waals surface area contributed by atoms with E-state index in [1.54, 1.807) is 0 Å². The maximum absolute atomic E-state index is 12.1. The Hall–Kier alpha value is -2.29. The first-order valence-corrected chi connectivity index (χ1v) is 7.25. The van der Waals surface area contributed by atoms with Crippen molar-refractivity contribution in [1.29, 1.82) is 0 Å². The second-order valence-corrected chi connectivity index (χ2v) is 5.33. The third-order valence-corrected chi connectivity index (χ3v) is 3.65. The van der Waals surface area contributed by atoms with Crippen LogP contribution in [0.1, 0.15) is 42.6 Å². The van der Waals surface area contributed by atoms with Crippen LogP contribution in [0, 0.1) is 6.92 Å². The molecule has 0 aromatic heterocycles. The molecule has 0 bridgehead atoms. The highest BCUT2D eigenvalue weighted by molar-refractivity contribution is 5.75. The topological polar surface area (TPSA) is 41.1 Å². The third kappa shape index (κ3) is 4.09. The van der Waals surface area contributed by atoms with Crippen molar-refractivity contribution in [3.8, 4) is 0 Å². The normalized spacial score (nSPS) is 13.3. The molecular weight excluding hydrogens is 260 g/mol. The lowest BCUT2D eigenvalue weighted by Gasteiger charge is -2.20. The number of aryl methyl sites for hydroxylation is 1. The molecule has 0 fully saturated rings. The second kappa shape index (κ2) is 6.93. The van der Waals surface area contributed by atoms with Gasteiger partial charge in [0.15, 0.2) is 0 Å². The minimum atomic E-state index is -0.151. The van der Waals surface area contributed by atoms with Gasteiger partial charge in [0.1, 0.15) is 0 Å². The van der Waals surface area contributed by atoms with E-state index in [1.165, 1.54) is 5.56 Å². The number of urea groups is 1. The lowest BCUT2D eigenvalue weighted by atomic mass is 10.0. The fraction of sp³-hybridized carbons (Fsp3) is 0.278. The van der Waals surface area contributed by atoms with Gasteiger partial charge in [0.25, 0.3) is 0 Å². The van der Waals surface area contributed by atoms with Gasteiger partial charge in [-0.3, -0.25) is 0 Å². The van der Waals surface area contributed by atoms with E-state index in [9.17, 15) is 4.79 Å². The van der Waals surface area contributed by atoms with Gasteiger partial charge in [-0.1, -0.05) is 54.6 Å². The summed E-state index contributed by atoms with van der Waals surface area (Å²) in [6.07, 6.45) is 0. The van der Waals surface area contributed by atoms with Gasteiger partial charge < -0.3 is 10.6 Å². The largest absolute Gasteiger partial charge is 0.332 e. The smallest absolute Gasteiger partial charge is 0.315 e. The number of carbonyl (C=O) groups is 1. The fourth-order valence-corrected chi connectivity index (χ4v) is 2.41. The number of carbonyl (C=O) groups excluding carboxylic acids is 1. The molecule has 0 aliphatic carbocycles. The molecule has 0 heterocycles. The van der Waals surface area contributed by atoms with E-state index in [-0.39, 0.29) is 18.1 Å². The van der Waals surface area contributed by atoms with Gasteiger partial charge >= 0.3 is 6.03 Å². The van der Waals surface area contributed by atoms with E-state index in [0.717, 1.165) is 11.1 Å². The van der Waals surface area contributed by atoms with Crippen LogP contribution in [0.4, 0.5) is 4.79 Å². The Morgan fingerprint density at radius 1 is 0.857 bits per heavy atom. The molecule has 2 N–H and O–H groups in total. The van der Waals surface area contributed by atoms with E-state index in [1.807, 2.05) is 62.4 Å². The lowest BCUT2D eigenvalue weighted by molar-refractivity contribution is 0.235. The molecular formula is C18H22N2O. The van der Waals surface area contributed by atoms with Gasteiger partial charge in [0.05, 0.1) is 12.1 Å². The molecule has 21 heavy (non-hydrogen) atoms. The first-order valence-electron chi connectivity index (χ1n) is 7.25. The maximum Gasteiger partial charge on any atom is 0.315 e. The highest BCUT2D eigenvalue weighted by Gasteiger charge is 2.13. The molecule has 0 saturated carbocycles. The Kier molecular flexibility index (Phi) is 4.99. The third-order valence-electron chi connectivity index (χ3n) is 3.65. The van der Waals surface area contributed by atoms with Gasteiger partial charge in [0, 0.05) is 0 Å². The number of nitrogens with one attached hydrogen (secondary N) is 2. The first-order chi connectivity index (χ1) is 10.1. The zero-order valence-corrected chi connectivity index (χ0v) is 12.8. The predicted octanol–water partition coefficient (Wildman–Crippen LogP) is 4.12. The highest BCUT2D eigenvalue weighted by atomic mass is 16.2. The number of hydrogen-bond acceptors (Lipinski definition) is 1. The minimum absolute atomic E-state index is 0.0183. The molecule has 0 unspecified atom stereocenters. The number of amides is 2. The van der Waals surface area contributed by atoms with Crippen LogP contribution in [0.15, 0.2) is 54.6 Å². The number of hydrogen-bond donors (Lipinski definition) is 2. The molecule has 2 aromatic carbocycles. The summed E-state index contributed by atoms with van der Waals surface area (Å²) in [4.78, 5) is 12.1. The summed E-state index contributed by atoms with van der Waals surface area (Å²) in [5, 5.41) is 5.95. The van der Waals surface area contributed by atoms with Crippen LogP contribution in [-0.4, -0.2) is 6.03 Å². The predicted molar refractivity (Wildman–Crippen MR) is 86.1 cm³/mol. The fourth-order valence-electron chi connectivity index (χ4n) is 2.41. The van der Waals surface area contributed by atoms with Crippen molar-refractivity contribution in [3.05, 3.63) is 71.3 Å². The standard InChI is InChI=1S/C18H22N2O/c1-13-9-7-8-12-17(13)15(3)20-18(21)19-14(2)16-10-5-4-6-11-16/h4-12,14-15H,1-3H3,(H2,19,20,21)/t14-,15-/m0/s1. The summed E-state index contributed by atoms with van der Waals surface area (Å²) in [6, 6.07) is 17.8. The summed E-state index contributed by atoms with van der Waals surface area (Å²) in [6.45, 7) is 6.03. The minimum Gasteiger partial charge on any atom is -0.332 e. The van der Waals surface area contributed by atoms with Crippen LogP contribution in [0.3, 0.4) is 0 Å². The molecule has 3 nitrogen and oxygen atoms in total. The van der Waals surface area contributed by atoms with Crippen molar-refractivity contribution in [2.45, 2.75) is 32.9 Å². The average molecular weight is 282 g/mol. The molecule has 0 saturated heterocycles. The Morgan fingerprint density at radius 3 is 2.10 bits per heavy atom. The Labute approximate surface area is 126 Å². The Morgan fingerprint density at radius 2 is 1.43 bits per heavy atom. The van der Waals surface area contributed by atoms with E-state index in [4.69, 9.17) is 0 Å². The summed E-state index contributed by atoms with van der Waals surface area (Å²) < 4.78 is 0. The van der Waals surface area contributed by atoms with Crippen LogP contribution in [0.5, 0.6) is 0 Å². The molecule has 2 aromatic rings. The maximum atomic E-state index is 12.1. The Balaban J connectivity index is 1.94. The summed E-state index contributed by atoms with van der Waals surface area (Å²) >= 11 is 0. The molecule has 110 valence electrons. The van der Waals surface area contributed by atoms with Gasteiger partial charge in [0.2, 0.25) is 0 Å². The lowest BCUT2D eigenvalue weighted by Crippen LogP contribution is -2.38. The Bertz CT molecular complexity index is 595. The van der Waals surface area contributed by atoms with E-state index in [0.29, 0.717) is 0 Å². The molecule has 3 heteroatoms. The van der Waals surface area contributed by atoms with Crippen LogP contribution in [0.2, 0.25) is 0 Å². The molecule has 0 radical (unpaired) electrons. The quantitative estimate of drug-likeness (QED) is 0.870. The van der Waals surface area contributed by atoms with Crippen LogP contribution in [-0.2, 0) is 0 Å². The zero-order valence-electron chi connectivity index (χ0n) is 12.8. The number of benzene rings is 2. The van der Waals surface area contributed by atoms with Crippen LogP contribution in [0.25, 0.3) is 0 Å². The van der Waals surface area contributed by atoms with Crippen molar-refractivity contribution >= 4 is 6.03 Å². The first kappa shape index (κ1) is 15.1. The molecule has 2 amide bonds. The summed E-state index contributed by atoms with van der Waals surface area (Å²) in [5.41, 5.74) is 3.41. The number of rotatable bonds is 4. The second-order valence-electron chi connectivity index (χ2n) is 5.33. The van der Waals surface area contributed by atoms with Gasteiger partial charge in [-0.25, -0.2) is 4.79 Å². The SMILES string of the molecule is Cc1ccccc1[C@H](C)NC(=O)N[C@@H](C)c1ccccc1. The van der Waals surface area contributed by atoms with Crippen molar-refractivity contribution in [2.24, 2.45) is 0 Å². The van der Waals surface area contributed by atoms with E-state index in [2.05, 4.69) is 23.6 Å². The van der Waals surface area contributed by atoms with Crippen LogP contribution < -0.4 is 10.6 Å². The van der Waals surface area contributed by atoms with E-state index >= 15 is 0 Å². The summed E-state index contributed by atoms with van der Waals surface area (Å²) in [5.74, 6) is 0. The molecule has 0 spiro atoms. The van der Waals surface area contributed by atoms with Gasteiger partial charge in [-0.2, -0.15) is 0 Å². The van der Waals surface area contributed by atoms with Crippen molar-refractivity contribution in [1.82, 2.24) is 10.6 Å². The van der Waals surface area contributed by atoms with Crippen molar-refractivity contribution < 1.29 is 4.79 Å². The van der Waals surface area contributed by atoms with Crippen LogP contribution >= 0.6 is 0 Å². The monoisotopic (exact) mass is 282 g/mol.